The van der Waals surface area contributed by atoms with Crippen molar-refractivity contribution in [2.75, 3.05) is 18.9 Å². The van der Waals surface area contributed by atoms with Crippen LogP contribution in [-0.2, 0) is 0 Å². The van der Waals surface area contributed by atoms with Crippen LogP contribution in [0.1, 0.15) is 40.9 Å². The Balaban J connectivity index is 1.73. The fourth-order valence-electron chi connectivity index (χ4n) is 2.81. The molecule has 1 aliphatic heterocycles. The molecule has 2 heterocycles. The van der Waals surface area contributed by atoms with E-state index in [1.54, 1.807) is 11.8 Å². The van der Waals surface area contributed by atoms with E-state index in [2.05, 4.69) is 15.2 Å². The lowest BCUT2D eigenvalue weighted by atomic mass is 10.1. The number of carbonyl (C=O) groups is 1. The number of H-pyrrole nitrogens is 1. The SMILES string of the molecule is Cc1nc([C@@H]2CCCN2C(=O)c2ccc(SCCO)cc2)n[nH]1. The minimum atomic E-state index is -0.0455. The molecule has 3 rings (SSSR count). The standard InChI is InChI=1S/C16H20N4O2S/c1-11-17-15(19-18-11)14-3-2-8-20(14)16(22)12-4-6-13(7-5-12)23-10-9-21/h4-7,14,21H,2-3,8-10H2,1H3,(H,17,18,19)/t14-/m0/s1. The number of aromatic nitrogens is 3. The van der Waals surface area contributed by atoms with Gasteiger partial charge in [-0.2, -0.15) is 5.10 Å². The van der Waals surface area contributed by atoms with Gasteiger partial charge in [0.1, 0.15) is 5.82 Å². The molecule has 1 atom stereocenters. The van der Waals surface area contributed by atoms with E-state index >= 15 is 0 Å². The van der Waals surface area contributed by atoms with E-state index in [9.17, 15) is 4.79 Å². The van der Waals surface area contributed by atoms with Crippen LogP contribution in [0.15, 0.2) is 29.2 Å². The first kappa shape index (κ1) is 16.0. The molecule has 1 aliphatic rings. The van der Waals surface area contributed by atoms with Gasteiger partial charge in [-0.3, -0.25) is 9.89 Å². The molecular formula is C16H20N4O2S. The van der Waals surface area contributed by atoms with Gasteiger partial charge < -0.3 is 10.0 Å². The molecule has 2 N–H and O–H groups in total. The largest absolute Gasteiger partial charge is 0.396 e. The molecule has 2 aromatic rings. The Morgan fingerprint density at radius 3 is 2.87 bits per heavy atom. The first-order valence-corrected chi connectivity index (χ1v) is 8.71. The van der Waals surface area contributed by atoms with Crippen LogP contribution in [0.4, 0.5) is 0 Å². The van der Waals surface area contributed by atoms with Crippen LogP contribution in [0.25, 0.3) is 0 Å². The zero-order chi connectivity index (χ0) is 16.2. The van der Waals surface area contributed by atoms with Gasteiger partial charge in [-0.1, -0.05) is 0 Å². The predicted octanol–water partition coefficient (Wildman–Crippen LogP) is 2.17. The molecule has 1 amide bonds. The van der Waals surface area contributed by atoms with Crippen molar-refractivity contribution in [2.24, 2.45) is 0 Å². The third-order valence-electron chi connectivity index (χ3n) is 3.89. The average Bonchev–Trinajstić information content (AvgIpc) is 3.21. The molecule has 1 aromatic carbocycles. The number of aromatic amines is 1. The van der Waals surface area contributed by atoms with E-state index < -0.39 is 0 Å². The summed E-state index contributed by atoms with van der Waals surface area (Å²) in [5.74, 6) is 2.15. The Morgan fingerprint density at radius 2 is 2.22 bits per heavy atom. The third-order valence-corrected chi connectivity index (χ3v) is 4.88. The van der Waals surface area contributed by atoms with Crippen molar-refractivity contribution in [1.82, 2.24) is 20.1 Å². The van der Waals surface area contributed by atoms with Crippen molar-refractivity contribution in [1.29, 1.82) is 0 Å². The second-order valence-electron chi connectivity index (χ2n) is 5.53. The Hall–Kier alpha value is -1.86. The van der Waals surface area contributed by atoms with Crippen molar-refractivity contribution >= 4 is 17.7 Å². The van der Waals surface area contributed by atoms with E-state index in [1.165, 1.54) is 0 Å². The molecule has 0 unspecified atom stereocenters. The first-order valence-electron chi connectivity index (χ1n) is 7.72. The van der Waals surface area contributed by atoms with Gasteiger partial charge in [0.05, 0.1) is 12.6 Å². The number of benzene rings is 1. The van der Waals surface area contributed by atoms with Gasteiger partial charge in [-0.25, -0.2) is 4.98 Å². The van der Waals surface area contributed by atoms with Crippen molar-refractivity contribution < 1.29 is 9.90 Å². The summed E-state index contributed by atoms with van der Waals surface area (Å²) in [7, 11) is 0. The van der Waals surface area contributed by atoms with E-state index in [-0.39, 0.29) is 18.6 Å². The van der Waals surface area contributed by atoms with Crippen LogP contribution in [0.3, 0.4) is 0 Å². The van der Waals surface area contributed by atoms with Gasteiger partial charge in [0, 0.05) is 22.8 Å². The molecule has 1 aromatic heterocycles. The normalized spacial score (nSPS) is 17.7. The van der Waals surface area contributed by atoms with Gasteiger partial charge in [0.2, 0.25) is 0 Å². The molecular weight excluding hydrogens is 312 g/mol. The molecule has 0 bridgehead atoms. The first-order chi connectivity index (χ1) is 11.2. The molecule has 6 nitrogen and oxygen atoms in total. The van der Waals surface area contributed by atoms with Gasteiger partial charge in [0.25, 0.3) is 5.91 Å². The maximum atomic E-state index is 12.8. The number of rotatable bonds is 5. The molecule has 0 saturated carbocycles. The predicted molar refractivity (Wildman–Crippen MR) is 88.4 cm³/mol. The summed E-state index contributed by atoms with van der Waals surface area (Å²) in [4.78, 5) is 20.1. The summed E-state index contributed by atoms with van der Waals surface area (Å²) in [6.45, 7) is 2.75. The summed E-state index contributed by atoms with van der Waals surface area (Å²) in [5, 5.41) is 15.9. The van der Waals surface area contributed by atoms with Gasteiger partial charge >= 0.3 is 0 Å². The number of aliphatic hydroxyl groups excluding tert-OH is 1. The number of likely N-dealkylation sites (tertiary alicyclic amines) is 1. The maximum absolute atomic E-state index is 12.8. The minimum absolute atomic E-state index is 0.0219. The highest BCUT2D eigenvalue weighted by Crippen LogP contribution is 2.31. The van der Waals surface area contributed by atoms with E-state index in [4.69, 9.17) is 5.11 Å². The Labute approximate surface area is 139 Å². The number of carbonyl (C=O) groups excluding carboxylic acids is 1. The van der Waals surface area contributed by atoms with Crippen molar-refractivity contribution in [3.05, 3.63) is 41.5 Å². The molecule has 0 aliphatic carbocycles. The van der Waals surface area contributed by atoms with Gasteiger partial charge in [0.15, 0.2) is 5.82 Å². The Bertz CT molecular complexity index is 671. The topological polar surface area (TPSA) is 82.1 Å². The Morgan fingerprint density at radius 1 is 1.43 bits per heavy atom. The molecule has 7 heteroatoms. The smallest absolute Gasteiger partial charge is 0.254 e. The summed E-state index contributed by atoms with van der Waals surface area (Å²) < 4.78 is 0. The third kappa shape index (κ3) is 3.56. The summed E-state index contributed by atoms with van der Waals surface area (Å²) in [6, 6.07) is 7.50. The highest BCUT2D eigenvalue weighted by molar-refractivity contribution is 7.99. The number of amides is 1. The summed E-state index contributed by atoms with van der Waals surface area (Å²) >= 11 is 1.57. The lowest BCUT2D eigenvalue weighted by molar-refractivity contribution is 0.0730. The zero-order valence-electron chi connectivity index (χ0n) is 13.0. The van der Waals surface area contributed by atoms with Crippen LogP contribution in [-0.4, -0.2) is 50.0 Å². The lowest BCUT2D eigenvalue weighted by Crippen LogP contribution is -2.31. The fraction of sp³-hybridized carbons (Fsp3) is 0.438. The number of thioether (sulfide) groups is 1. The zero-order valence-corrected chi connectivity index (χ0v) is 13.8. The number of hydrogen-bond donors (Lipinski definition) is 2. The number of nitrogens with one attached hydrogen (secondary N) is 1. The number of nitrogens with zero attached hydrogens (tertiary/aromatic N) is 3. The summed E-state index contributed by atoms with van der Waals surface area (Å²) in [5.41, 5.74) is 0.678. The van der Waals surface area contributed by atoms with Gasteiger partial charge in [-0.15, -0.1) is 11.8 Å². The van der Waals surface area contributed by atoms with Crippen LogP contribution in [0, 0.1) is 6.92 Å². The number of aliphatic hydroxyl groups is 1. The number of aryl methyl sites for hydroxylation is 1. The quantitative estimate of drug-likeness (QED) is 0.820. The highest BCUT2D eigenvalue weighted by Gasteiger charge is 2.33. The highest BCUT2D eigenvalue weighted by atomic mass is 32.2. The Kier molecular flexibility index (Phi) is 4.97. The van der Waals surface area contributed by atoms with E-state index in [0.29, 0.717) is 17.1 Å². The molecule has 122 valence electrons. The van der Waals surface area contributed by atoms with Crippen molar-refractivity contribution in [2.45, 2.75) is 30.7 Å². The second-order valence-corrected chi connectivity index (χ2v) is 6.70. The van der Waals surface area contributed by atoms with E-state index in [0.717, 1.165) is 30.1 Å². The molecule has 0 spiro atoms. The van der Waals surface area contributed by atoms with Crippen LogP contribution >= 0.6 is 11.8 Å². The summed E-state index contributed by atoms with van der Waals surface area (Å²) in [6.07, 6.45) is 1.86. The van der Waals surface area contributed by atoms with Crippen LogP contribution in [0.5, 0.6) is 0 Å². The fourth-order valence-corrected chi connectivity index (χ4v) is 3.47. The van der Waals surface area contributed by atoms with Crippen LogP contribution in [0.2, 0.25) is 0 Å². The lowest BCUT2D eigenvalue weighted by Gasteiger charge is -2.22. The second kappa shape index (κ2) is 7.14. The molecule has 23 heavy (non-hydrogen) atoms. The monoisotopic (exact) mass is 332 g/mol. The molecule has 1 fully saturated rings. The molecule has 1 saturated heterocycles. The average molecular weight is 332 g/mol. The minimum Gasteiger partial charge on any atom is -0.396 e. The van der Waals surface area contributed by atoms with Crippen LogP contribution < -0.4 is 0 Å². The number of hydrogen-bond acceptors (Lipinski definition) is 5. The van der Waals surface area contributed by atoms with Gasteiger partial charge in [-0.05, 0) is 44.0 Å². The molecule has 0 radical (unpaired) electrons. The van der Waals surface area contributed by atoms with E-state index in [1.807, 2.05) is 36.1 Å². The van der Waals surface area contributed by atoms with Crippen molar-refractivity contribution in [3.63, 3.8) is 0 Å². The van der Waals surface area contributed by atoms with Crippen molar-refractivity contribution in [3.8, 4) is 0 Å². The maximum Gasteiger partial charge on any atom is 0.254 e.